The zero-order chi connectivity index (χ0) is 11.7. The van der Waals surface area contributed by atoms with Gasteiger partial charge in [-0.25, -0.2) is 0 Å². The smallest absolute Gasteiger partial charge is 0.281 e. The lowest BCUT2D eigenvalue weighted by atomic mass is 10.1. The molecule has 2 aromatic rings. The maximum Gasteiger partial charge on any atom is 0.281 e. The van der Waals surface area contributed by atoms with Crippen molar-refractivity contribution in [2.75, 3.05) is 0 Å². The first-order valence-electron chi connectivity index (χ1n) is 4.63. The summed E-state index contributed by atoms with van der Waals surface area (Å²) in [7, 11) is 0. The van der Waals surface area contributed by atoms with E-state index in [2.05, 4.69) is 4.98 Å². The number of benzene rings is 1. The Labute approximate surface area is 108 Å². The van der Waals surface area contributed by atoms with Gasteiger partial charge in [0.1, 0.15) is 10.1 Å². The number of thiazole rings is 1. The van der Waals surface area contributed by atoms with E-state index in [1.807, 2.05) is 32.0 Å². The van der Waals surface area contributed by atoms with Gasteiger partial charge in [0.2, 0.25) is 0 Å². The van der Waals surface area contributed by atoms with Crippen LogP contribution in [0.3, 0.4) is 0 Å². The molecule has 0 N–H and O–H groups in total. The molecule has 0 bridgehead atoms. The van der Waals surface area contributed by atoms with Gasteiger partial charge in [0.05, 0.1) is 0 Å². The summed E-state index contributed by atoms with van der Waals surface area (Å²) in [6.45, 7) is 3.99. The highest BCUT2D eigenvalue weighted by Crippen LogP contribution is 2.36. The highest BCUT2D eigenvalue weighted by Gasteiger charge is 2.10. The number of hydrogen-bond acceptors (Lipinski definition) is 3. The van der Waals surface area contributed by atoms with E-state index >= 15 is 0 Å². The van der Waals surface area contributed by atoms with Gasteiger partial charge in [0.25, 0.3) is 5.19 Å². The molecule has 0 atom stereocenters. The van der Waals surface area contributed by atoms with Gasteiger partial charge >= 0.3 is 0 Å². The molecule has 2 rings (SSSR count). The third-order valence-electron chi connectivity index (χ3n) is 2.07. The van der Waals surface area contributed by atoms with Crippen molar-refractivity contribution in [3.8, 4) is 10.9 Å². The maximum absolute atomic E-state index is 5.81. The number of hydrogen-bond donors (Lipinski definition) is 0. The number of aryl methyl sites for hydroxylation is 2. The van der Waals surface area contributed by atoms with Crippen LogP contribution in [0.25, 0.3) is 0 Å². The van der Waals surface area contributed by atoms with Crippen LogP contribution in [0.15, 0.2) is 18.2 Å². The number of halogens is 2. The molecule has 0 saturated carbocycles. The van der Waals surface area contributed by atoms with E-state index in [0.29, 0.717) is 9.53 Å². The van der Waals surface area contributed by atoms with E-state index in [1.54, 1.807) is 0 Å². The second-order valence-electron chi connectivity index (χ2n) is 3.42. The van der Waals surface area contributed by atoms with Crippen LogP contribution < -0.4 is 4.74 Å². The summed E-state index contributed by atoms with van der Waals surface area (Å²) in [5.74, 6) is 0.780. The summed E-state index contributed by atoms with van der Waals surface area (Å²) < 4.78 is 6.08. The standard InChI is InChI=1S/C11H9Cl2NOS/c1-6-3-4-7(2)8(5-6)15-11-14-9(12)10(13)16-11/h3-5H,1-2H3. The molecule has 1 heterocycles. The summed E-state index contributed by atoms with van der Waals surface area (Å²) in [6, 6.07) is 5.99. The maximum atomic E-state index is 5.81. The van der Waals surface area contributed by atoms with E-state index in [0.717, 1.165) is 16.9 Å². The number of aromatic nitrogens is 1. The summed E-state index contributed by atoms with van der Waals surface area (Å²) in [5.41, 5.74) is 2.18. The van der Waals surface area contributed by atoms with Crippen LogP contribution in [-0.4, -0.2) is 4.98 Å². The summed E-state index contributed by atoms with van der Waals surface area (Å²) >= 11 is 12.8. The number of nitrogens with zero attached hydrogens (tertiary/aromatic N) is 1. The zero-order valence-corrected chi connectivity index (χ0v) is 11.1. The van der Waals surface area contributed by atoms with Crippen molar-refractivity contribution in [2.24, 2.45) is 0 Å². The molecule has 0 fully saturated rings. The van der Waals surface area contributed by atoms with Gasteiger partial charge in [0, 0.05) is 0 Å². The average molecular weight is 274 g/mol. The van der Waals surface area contributed by atoms with Gasteiger partial charge in [-0.2, -0.15) is 4.98 Å². The van der Waals surface area contributed by atoms with Crippen LogP contribution in [0, 0.1) is 13.8 Å². The molecule has 16 heavy (non-hydrogen) atoms. The van der Waals surface area contributed by atoms with Crippen LogP contribution in [0.4, 0.5) is 0 Å². The first-order valence-corrected chi connectivity index (χ1v) is 6.20. The molecule has 5 heteroatoms. The molecule has 1 aromatic heterocycles. The van der Waals surface area contributed by atoms with Crippen molar-refractivity contribution < 1.29 is 4.74 Å². The molecule has 0 saturated heterocycles. The second-order valence-corrected chi connectivity index (χ2v) is 5.34. The van der Waals surface area contributed by atoms with E-state index in [4.69, 9.17) is 27.9 Å². The van der Waals surface area contributed by atoms with E-state index in [1.165, 1.54) is 11.3 Å². The summed E-state index contributed by atoms with van der Waals surface area (Å²) in [5, 5.41) is 0.746. The van der Waals surface area contributed by atoms with E-state index < -0.39 is 0 Å². The zero-order valence-electron chi connectivity index (χ0n) is 8.75. The van der Waals surface area contributed by atoms with Crippen molar-refractivity contribution in [3.63, 3.8) is 0 Å². The third kappa shape index (κ3) is 2.48. The topological polar surface area (TPSA) is 22.1 Å². The monoisotopic (exact) mass is 273 g/mol. The minimum atomic E-state index is 0.284. The Morgan fingerprint density at radius 3 is 2.62 bits per heavy atom. The van der Waals surface area contributed by atoms with E-state index in [9.17, 15) is 0 Å². The van der Waals surface area contributed by atoms with Crippen molar-refractivity contribution in [1.29, 1.82) is 0 Å². The lowest BCUT2D eigenvalue weighted by Gasteiger charge is -2.05. The Morgan fingerprint density at radius 2 is 2.00 bits per heavy atom. The molecular weight excluding hydrogens is 265 g/mol. The molecule has 0 aliphatic rings. The minimum absolute atomic E-state index is 0.284. The normalized spacial score (nSPS) is 10.5. The highest BCUT2D eigenvalue weighted by molar-refractivity contribution is 7.18. The van der Waals surface area contributed by atoms with Crippen LogP contribution in [0.2, 0.25) is 9.49 Å². The number of ether oxygens (including phenoxy) is 1. The van der Waals surface area contributed by atoms with Crippen LogP contribution >= 0.6 is 34.5 Å². The summed E-state index contributed by atoms with van der Waals surface area (Å²) in [4.78, 5) is 4.01. The Hall–Kier alpha value is -0.770. The molecule has 0 unspecified atom stereocenters. The van der Waals surface area contributed by atoms with E-state index in [-0.39, 0.29) is 5.15 Å². The van der Waals surface area contributed by atoms with Gasteiger partial charge in [-0.05, 0) is 31.0 Å². The van der Waals surface area contributed by atoms with Gasteiger partial charge < -0.3 is 4.74 Å². The first-order chi connectivity index (χ1) is 7.56. The molecule has 0 radical (unpaired) electrons. The molecular formula is C11H9Cl2NOS. The Morgan fingerprint density at radius 1 is 1.25 bits per heavy atom. The van der Waals surface area contributed by atoms with Gasteiger partial charge in [-0.1, -0.05) is 46.7 Å². The quantitative estimate of drug-likeness (QED) is 0.780. The SMILES string of the molecule is Cc1ccc(C)c(Oc2nc(Cl)c(Cl)s2)c1. The van der Waals surface area contributed by atoms with Gasteiger partial charge in [-0.3, -0.25) is 0 Å². The Balaban J connectivity index is 2.29. The van der Waals surface area contributed by atoms with Crippen LogP contribution in [-0.2, 0) is 0 Å². The van der Waals surface area contributed by atoms with Crippen LogP contribution in [0.5, 0.6) is 10.9 Å². The molecule has 2 nitrogen and oxygen atoms in total. The molecule has 1 aromatic carbocycles. The summed E-state index contributed by atoms with van der Waals surface area (Å²) in [6.07, 6.45) is 0. The fourth-order valence-corrected chi connectivity index (χ4v) is 2.26. The Bertz CT molecular complexity index is 505. The van der Waals surface area contributed by atoms with Gasteiger partial charge in [0.15, 0.2) is 5.15 Å². The highest BCUT2D eigenvalue weighted by atomic mass is 35.5. The molecule has 0 amide bonds. The van der Waals surface area contributed by atoms with Crippen molar-refractivity contribution in [2.45, 2.75) is 13.8 Å². The molecule has 0 aliphatic carbocycles. The molecule has 0 spiro atoms. The van der Waals surface area contributed by atoms with Crippen LogP contribution in [0.1, 0.15) is 11.1 Å². The fraction of sp³-hybridized carbons (Fsp3) is 0.182. The minimum Gasteiger partial charge on any atom is -0.431 e. The molecule has 0 aliphatic heterocycles. The van der Waals surface area contributed by atoms with Crippen molar-refractivity contribution in [3.05, 3.63) is 38.8 Å². The third-order valence-corrected chi connectivity index (χ3v) is 3.68. The predicted octanol–water partition coefficient (Wildman–Crippen LogP) is 4.86. The first kappa shape index (κ1) is 11.7. The fourth-order valence-electron chi connectivity index (χ4n) is 1.22. The lowest BCUT2D eigenvalue weighted by molar-refractivity contribution is 0.475. The lowest BCUT2D eigenvalue weighted by Crippen LogP contribution is -1.87. The second kappa shape index (κ2) is 4.62. The van der Waals surface area contributed by atoms with Gasteiger partial charge in [-0.15, -0.1) is 0 Å². The molecule has 84 valence electrons. The van der Waals surface area contributed by atoms with Crippen molar-refractivity contribution in [1.82, 2.24) is 4.98 Å². The number of rotatable bonds is 2. The Kier molecular flexibility index (Phi) is 3.38. The van der Waals surface area contributed by atoms with Crippen molar-refractivity contribution >= 4 is 34.5 Å². The predicted molar refractivity (Wildman–Crippen MR) is 68.1 cm³/mol. The average Bonchev–Trinajstić information content (AvgIpc) is 2.52. The largest absolute Gasteiger partial charge is 0.431 e.